The number of aliphatic hydroxyl groups excluding tert-OH is 2. The summed E-state index contributed by atoms with van der Waals surface area (Å²) >= 11 is 0. The molecule has 4 saturated carbocycles. The molecule has 29 heavy (non-hydrogen) atoms. The van der Waals surface area contributed by atoms with E-state index in [1.54, 1.807) is 0 Å². The van der Waals surface area contributed by atoms with Gasteiger partial charge in [0.15, 0.2) is 0 Å². The van der Waals surface area contributed by atoms with Crippen molar-refractivity contribution in [3.8, 4) is 0 Å². The summed E-state index contributed by atoms with van der Waals surface area (Å²) in [4.78, 5) is 11.1. The van der Waals surface area contributed by atoms with Crippen molar-refractivity contribution < 1.29 is 20.1 Å². The Kier molecular flexibility index (Phi) is 5.60. The van der Waals surface area contributed by atoms with Crippen molar-refractivity contribution in [3.63, 3.8) is 0 Å². The molecule has 3 N–H and O–H groups in total. The SMILES string of the molecule is CC1C[C@@H](O)CC2C[C@@H](O)[C@@H]3[C@H](CC[C@]4(C)[C@@H]([C@H](C)CCC(=O)O)CC[C@@H]34)[C@@]12C. The number of rotatable bonds is 4. The van der Waals surface area contributed by atoms with E-state index in [2.05, 4.69) is 27.7 Å². The summed E-state index contributed by atoms with van der Waals surface area (Å²) in [5, 5.41) is 30.8. The number of carbonyl (C=O) groups is 1. The Morgan fingerprint density at radius 1 is 1.07 bits per heavy atom. The van der Waals surface area contributed by atoms with Crippen LogP contribution < -0.4 is 0 Å². The van der Waals surface area contributed by atoms with Crippen LogP contribution in [0.25, 0.3) is 0 Å². The van der Waals surface area contributed by atoms with Crippen LogP contribution in [0, 0.1) is 52.3 Å². The Hall–Kier alpha value is -0.610. The smallest absolute Gasteiger partial charge is 0.303 e. The van der Waals surface area contributed by atoms with E-state index in [0.717, 1.165) is 25.7 Å². The van der Waals surface area contributed by atoms with Gasteiger partial charge in [0, 0.05) is 6.42 Å². The van der Waals surface area contributed by atoms with Crippen molar-refractivity contribution in [1.82, 2.24) is 0 Å². The fourth-order valence-electron chi connectivity index (χ4n) is 9.19. The van der Waals surface area contributed by atoms with Crippen LogP contribution in [-0.4, -0.2) is 33.5 Å². The van der Waals surface area contributed by atoms with Crippen molar-refractivity contribution in [1.29, 1.82) is 0 Å². The normalized spacial score (nSPS) is 52.9. The Labute approximate surface area is 176 Å². The van der Waals surface area contributed by atoms with Crippen LogP contribution in [0.4, 0.5) is 0 Å². The molecule has 0 saturated heterocycles. The second kappa shape index (κ2) is 7.51. The number of hydrogen-bond acceptors (Lipinski definition) is 3. The minimum Gasteiger partial charge on any atom is -0.481 e. The van der Waals surface area contributed by atoms with Gasteiger partial charge >= 0.3 is 5.97 Å². The largest absolute Gasteiger partial charge is 0.481 e. The Bertz CT molecular complexity index is 634. The maximum absolute atomic E-state index is 11.3. The average Bonchev–Trinajstić information content (AvgIpc) is 2.99. The van der Waals surface area contributed by atoms with Gasteiger partial charge < -0.3 is 15.3 Å². The van der Waals surface area contributed by atoms with E-state index in [1.807, 2.05) is 0 Å². The molecule has 0 aromatic carbocycles. The first-order valence-electron chi connectivity index (χ1n) is 12.2. The standard InChI is InChI=1S/C25H42O4/c1-14(5-8-22(28)29)18-6-7-19-23-20(9-10-24(18,19)3)25(4)15(2)11-17(26)12-16(25)13-21(23)27/h14-21,23,26-27H,5-13H2,1-4H3,(H,28,29)/t14-,15?,16?,17-,18-,19+,20+,21-,23+,24-,25+/m1/s1. The zero-order chi connectivity index (χ0) is 21.1. The summed E-state index contributed by atoms with van der Waals surface area (Å²) in [7, 11) is 0. The number of fused-ring (bicyclic) bond motifs is 5. The highest BCUT2D eigenvalue weighted by Gasteiger charge is 2.64. The number of aliphatic carboxylic acids is 1. The highest BCUT2D eigenvalue weighted by Crippen LogP contribution is 2.69. The summed E-state index contributed by atoms with van der Waals surface area (Å²) < 4.78 is 0. The summed E-state index contributed by atoms with van der Waals surface area (Å²) in [6.07, 6.45) is 7.99. The van der Waals surface area contributed by atoms with E-state index in [9.17, 15) is 15.0 Å². The Morgan fingerprint density at radius 3 is 2.48 bits per heavy atom. The fraction of sp³-hybridized carbons (Fsp3) is 0.960. The summed E-state index contributed by atoms with van der Waals surface area (Å²) in [6.45, 7) is 9.52. The molecular weight excluding hydrogens is 364 g/mol. The first-order chi connectivity index (χ1) is 13.6. The van der Waals surface area contributed by atoms with Gasteiger partial charge in [0.25, 0.3) is 0 Å². The van der Waals surface area contributed by atoms with Crippen LogP contribution in [0.2, 0.25) is 0 Å². The Balaban J connectivity index is 1.58. The summed E-state index contributed by atoms with van der Waals surface area (Å²) in [5.41, 5.74) is 0.470. The quantitative estimate of drug-likeness (QED) is 0.631. The molecule has 166 valence electrons. The van der Waals surface area contributed by atoms with Gasteiger partial charge in [-0.05, 0) is 104 Å². The van der Waals surface area contributed by atoms with Gasteiger partial charge in [-0.25, -0.2) is 0 Å². The van der Waals surface area contributed by atoms with Crippen molar-refractivity contribution in [3.05, 3.63) is 0 Å². The van der Waals surface area contributed by atoms with Crippen LogP contribution in [0.5, 0.6) is 0 Å². The van der Waals surface area contributed by atoms with Crippen LogP contribution in [-0.2, 0) is 4.79 Å². The van der Waals surface area contributed by atoms with Crippen LogP contribution >= 0.6 is 0 Å². The molecule has 4 fully saturated rings. The molecule has 0 amide bonds. The molecule has 4 aliphatic rings. The maximum atomic E-state index is 11.3. The van der Waals surface area contributed by atoms with Crippen molar-refractivity contribution in [2.24, 2.45) is 52.3 Å². The molecule has 4 heteroatoms. The highest BCUT2D eigenvalue weighted by molar-refractivity contribution is 5.66. The molecule has 0 aliphatic heterocycles. The topological polar surface area (TPSA) is 77.8 Å². The van der Waals surface area contributed by atoms with Gasteiger partial charge in [0.05, 0.1) is 12.2 Å². The van der Waals surface area contributed by atoms with Crippen molar-refractivity contribution >= 4 is 5.97 Å². The molecule has 0 heterocycles. The monoisotopic (exact) mass is 406 g/mol. The molecular formula is C25H42O4. The Morgan fingerprint density at radius 2 is 1.79 bits per heavy atom. The second-order valence-corrected chi connectivity index (χ2v) is 11.8. The zero-order valence-corrected chi connectivity index (χ0v) is 18.8. The predicted octanol–water partition coefficient (Wildman–Crippen LogP) is 4.72. The fourth-order valence-corrected chi connectivity index (χ4v) is 9.19. The van der Waals surface area contributed by atoms with Crippen molar-refractivity contribution in [2.45, 2.75) is 97.7 Å². The van der Waals surface area contributed by atoms with E-state index >= 15 is 0 Å². The number of carboxylic acids is 1. The number of carboxylic acid groups (broad SMARTS) is 1. The molecule has 0 aromatic rings. The van der Waals surface area contributed by atoms with Gasteiger partial charge in [0.2, 0.25) is 0 Å². The van der Waals surface area contributed by atoms with Gasteiger partial charge in [0.1, 0.15) is 0 Å². The van der Waals surface area contributed by atoms with E-state index in [-0.39, 0.29) is 29.5 Å². The number of hydrogen-bond donors (Lipinski definition) is 3. The predicted molar refractivity (Wildman–Crippen MR) is 113 cm³/mol. The van der Waals surface area contributed by atoms with Gasteiger partial charge in [-0.2, -0.15) is 0 Å². The zero-order valence-electron chi connectivity index (χ0n) is 18.8. The lowest BCUT2D eigenvalue weighted by atomic mass is 9.41. The third-order valence-electron chi connectivity index (χ3n) is 10.8. The second-order valence-electron chi connectivity index (χ2n) is 11.8. The van der Waals surface area contributed by atoms with E-state index in [4.69, 9.17) is 5.11 Å². The lowest BCUT2D eigenvalue weighted by molar-refractivity contribution is -0.192. The third kappa shape index (κ3) is 3.28. The molecule has 11 atom stereocenters. The van der Waals surface area contributed by atoms with Gasteiger partial charge in [-0.15, -0.1) is 0 Å². The molecule has 4 nitrogen and oxygen atoms in total. The minimum absolute atomic E-state index is 0.202. The molecule has 4 aliphatic carbocycles. The molecule has 0 bridgehead atoms. The van der Waals surface area contributed by atoms with Gasteiger partial charge in [-0.3, -0.25) is 4.79 Å². The first kappa shape index (κ1) is 21.6. The van der Waals surface area contributed by atoms with Crippen LogP contribution in [0.1, 0.15) is 85.5 Å². The van der Waals surface area contributed by atoms with Crippen molar-refractivity contribution in [2.75, 3.05) is 0 Å². The molecule has 0 spiro atoms. The average molecular weight is 407 g/mol. The van der Waals surface area contributed by atoms with Gasteiger partial charge in [-0.1, -0.05) is 27.7 Å². The van der Waals surface area contributed by atoms with E-state index < -0.39 is 5.97 Å². The van der Waals surface area contributed by atoms with E-state index in [1.165, 1.54) is 25.7 Å². The lowest BCUT2D eigenvalue weighted by Crippen LogP contribution is -2.60. The molecule has 2 unspecified atom stereocenters. The van der Waals surface area contributed by atoms with E-state index in [0.29, 0.717) is 41.4 Å². The molecule has 4 rings (SSSR count). The lowest BCUT2D eigenvalue weighted by Gasteiger charge is -2.64. The highest BCUT2D eigenvalue weighted by atomic mass is 16.4. The molecule has 0 aromatic heterocycles. The minimum atomic E-state index is -0.685. The molecule has 0 radical (unpaired) electrons. The summed E-state index contributed by atoms with van der Waals surface area (Å²) in [5.74, 6) is 2.78. The maximum Gasteiger partial charge on any atom is 0.303 e. The summed E-state index contributed by atoms with van der Waals surface area (Å²) in [6, 6.07) is 0. The van der Waals surface area contributed by atoms with Crippen LogP contribution in [0.15, 0.2) is 0 Å². The first-order valence-corrected chi connectivity index (χ1v) is 12.2. The number of aliphatic hydroxyl groups is 2. The third-order valence-corrected chi connectivity index (χ3v) is 10.8. The van der Waals surface area contributed by atoms with Crippen LogP contribution in [0.3, 0.4) is 0 Å².